The number of rotatable bonds is 6. The van der Waals surface area contributed by atoms with Crippen molar-refractivity contribution in [1.82, 2.24) is 0 Å². The van der Waals surface area contributed by atoms with E-state index in [1.807, 2.05) is 6.07 Å². The summed E-state index contributed by atoms with van der Waals surface area (Å²) in [5, 5.41) is 10.5. The van der Waals surface area contributed by atoms with Crippen LogP contribution >= 0.6 is 0 Å². The number of methoxy groups -OCH3 is 3. The summed E-state index contributed by atoms with van der Waals surface area (Å²) in [7, 11) is 4.84. The molecule has 0 radical (unpaired) electrons. The summed E-state index contributed by atoms with van der Waals surface area (Å²) in [5.74, 6) is 1.81. The first-order valence-electron chi connectivity index (χ1n) is 6.14. The Hall–Kier alpha value is -1.26. The zero-order valence-corrected chi connectivity index (χ0v) is 11.1. The number of benzene rings is 1. The number of ether oxygens (including phenoxy) is 3. The molecule has 1 aliphatic rings. The van der Waals surface area contributed by atoms with Crippen molar-refractivity contribution in [3.63, 3.8) is 0 Å². The molecule has 1 aliphatic carbocycles. The van der Waals surface area contributed by atoms with Crippen LogP contribution < -0.4 is 9.47 Å². The van der Waals surface area contributed by atoms with E-state index in [1.165, 1.54) is 0 Å². The zero-order chi connectivity index (χ0) is 13.1. The summed E-state index contributed by atoms with van der Waals surface area (Å²) in [4.78, 5) is 0. The molecule has 0 amide bonds. The molecule has 2 atom stereocenters. The second-order valence-electron chi connectivity index (χ2n) is 4.59. The van der Waals surface area contributed by atoms with Crippen molar-refractivity contribution in [2.24, 2.45) is 5.92 Å². The van der Waals surface area contributed by atoms with Gasteiger partial charge in [0.25, 0.3) is 0 Å². The van der Waals surface area contributed by atoms with E-state index in [0.717, 1.165) is 18.4 Å². The first kappa shape index (κ1) is 13.2. The molecule has 0 spiro atoms. The van der Waals surface area contributed by atoms with Crippen molar-refractivity contribution in [1.29, 1.82) is 0 Å². The van der Waals surface area contributed by atoms with Crippen LogP contribution in [0.15, 0.2) is 18.2 Å². The first-order valence-corrected chi connectivity index (χ1v) is 6.14. The van der Waals surface area contributed by atoms with E-state index in [1.54, 1.807) is 33.5 Å². The lowest BCUT2D eigenvalue weighted by atomic mass is 9.99. The van der Waals surface area contributed by atoms with Crippen LogP contribution in [0.4, 0.5) is 0 Å². The Labute approximate surface area is 107 Å². The van der Waals surface area contributed by atoms with E-state index >= 15 is 0 Å². The lowest BCUT2D eigenvalue weighted by Gasteiger charge is -2.23. The van der Waals surface area contributed by atoms with Gasteiger partial charge in [-0.3, -0.25) is 0 Å². The smallest absolute Gasteiger partial charge is 0.125 e. The lowest BCUT2D eigenvalue weighted by Crippen LogP contribution is -2.23. The minimum absolute atomic E-state index is 0.175. The Morgan fingerprint density at radius 2 is 1.89 bits per heavy atom. The van der Waals surface area contributed by atoms with Gasteiger partial charge in [0.1, 0.15) is 17.6 Å². The highest BCUT2D eigenvalue weighted by Crippen LogP contribution is 2.42. The minimum Gasteiger partial charge on any atom is -0.497 e. The molecule has 2 rings (SSSR count). The molecule has 2 unspecified atom stereocenters. The summed E-state index contributed by atoms with van der Waals surface area (Å²) >= 11 is 0. The molecule has 1 aromatic carbocycles. The Bertz CT molecular complexity index is 401. The molecule has 0 aromatic heterocycles. The second-order valence-corrected chi connectivity index (χ2v) is 4.59. The maximum atomic E-state index is 10.5. The van der Waals surface area contributed by atoms with Gasteiger partial charge in [-0.25, -0.2) is 0 Å². The molecule has 100 valence electrons. The van der Waals surface area contributed by atoms with Crippen molar-refractivity contribution in [3.8, 4) is 11.5 Å². The quantitative estimate of drug-likeness (QED) is 0.843. The Balaban J connectivity index is 2.28. The average Bonchev–Trinajstić information content (AvgIpc) is 3.23. The molecule has 4 nitrogen and oxygen atoms in total. The standard InChI is InChI=1S/C14H20O4/c1-16-10-6-7-12(17-2)11(8-10)13(15)14(18-3)9-4-5-9/h6-9,13-15H,4-5H2,1-3H3. The molecule has 1 N–H and O–H groups in total. The van der Waals surface area contributed by atoms with Crippen LogP contribution in [0.1, 0.15) is 24.5 Å². The molecule has 0 aliphatic heterocycles. The van der Waals surface area contributed by atoms with Crippen LogP contribution in [0, 0.1) is 5.92 Å². The second kappa shape index (κ2) is 5.59. The van der Waals surface area contributed by atoms with Crippen molar-refractivity contribution < 1.29 is 19.3 Å². The van der Waals surface area contributed by atoms with E-state index in [-0.39, 0.29) is 6.10 Å². The number of hydrogen-bond acceptors (Lipinski definition) is 4. The molecule has 0 bridgehead atoms. The molecule has 1 saturated carbocycles. The summed E-state index contributed by atoms with van der Waals surface area (Å²) in [6.07, 6.45) is 1.36. The number of aliphatic hydroxyl groups is 1. The fraction of sp³-hybridized carbons (Fsp3) is 0.571. The van der Waals surface area contributed by atoms with E-state index in [0.29, 0.717) is 17.4 Å². The molecule has 4 heteroatoms. The van der Waals surface area contributed by atoms with Crippen LogP contribution in [0.3, 0.4) is 0 Å². The average molecular weight is 252 g/mol. The topological polar surface area (TPSA) is 47.9 Å². The van der Waals surface area contributed by atoms with Crippen LogP contribution in [-0.4, -0.2) is 32.5 Å². The molecule has 1 fully saturated rings. The molecular weight excluding hydrogens is 232 g/mol. The van der Waals surface area contributed by atoms with Gasteiger partial charge in [-0.2, -0.15) is 0 Å². The normalized spacial score (nSPS) is 18.2. The molecule has 18 heavy (non-hydrogen) atoms. The van der Waals surface area contributed by atoms with Gasteiger partial charge < -0.3 is 19.3 Å². The van der Waals surface area contributed by atoms with Gasteiger partial charge in [-0.15, -0.1) is 0 Å². The fourth-order valence-corrected chi connectivity index (χ4v) is 2.25. The predicted octanol–water partition coefficient (Wildman–Crippen LogP) is 2.16. The Morgan fingerprint density at radius 3 is 2.39 bits per heavy atom. The number of hydrogen-bond donors (Lipinski definition) is 1. The van der Waals surface area contributed by atoms with Crippen molar-refractivity contribution >= 4 is 0 Å². The Kier molecular flexibility index (Phi) is 4.09. The van der Waals surface area contributed by atoms with Gasteiger partial charge in [0.2, 0.25) is 0 Å². The number of aliphatic hydroxyl groups excluding tert-OH is 1. The third kappa shape index (κ3) is 2.60. The van der Waals surface area contributed by atoms with Gasteiger partial charge in [0.15, 0.2) is 0 Å². The van der Waals surface area contributed by atoms with E-state index < -0.39 is 6.10 Å². The highest BCUT2D eigenvalue weighted by atomic mass is 16.5. The monoisotopic (exact) mass is 252 g/mol. The predicted molar refractivity (Wildman–Crippen MR) is 68.0 cm³/mol. The van der Waals surface area contributed by atoms with E-state index in [4.69, 9.17) is 14.2 Å². The summed E-state index contributed by atoms with van der Waals surface area (Å²) in [6.45, 7) is 0. The molecule has 0 heterocycles. The maximum absolute atomic E-state index is 10.5. The van der Waals surface area contributed by atoms with Crippen LogP contribution in [-0.2, 0) is 4.74 Å². The van der Waals surface area contributed by atoms with Crippen molar-refractivity contribution in [2.45, 2.75) is 25.0 Å². The van der Waals surface area contributed by atoms with Gasteiger partial charge >= 0.3 is 0 Å². The van der Waals surface area contributed by atoms with Gasteiger partial charge in [0, 0.05) is 12.7 Å². The van der Waals surface area contributed by atoms with Crippen molar-refractivity contribution in [3.05, 3.63) is 23.8 Å². The van der Waals surface area contributed by atoms with Crippen LogP contribution in [0.2, 0.25) is 0 Å². The SMILES string of the molecule is COc1ccc(OC)c(C(O)C(OC)C2CC2)c1. The van der Waals surface area contributed by atoms with Crippen molar-refractivity contribution in [2.75, 3.05) is 21.3 Å². The summed E-state index contributed by atoms with van der Waals surface area (Å²) < 4.78 is 15.9. The van der Waals surface area contributed by atoms with Gasteiger partial charge in [0.05, 0.1) is 20.3 Å². The van der Waals surface area contributed by atoms with E-state index in [9.17, 15) is 5.11 Å². The van der Waals surface area contributed by atoms with Crippen LogP contribution in [0.25, 0.3) is 0 Å². The zero-order valence-electron chi connectivity index (χ0n) is 11.1. The fourth-order valence-electron chi connectivity index (χ4n) is 2.25. The van der Waals surface area contributed by atoms with E-state index in [2.05, 4.69) is 0 Å². The first-order chi connectivity index (χ1) is 8.71. The lowest BCUT2D eigenvalue weighted by molar-refractivity contribution is -0.0269. The van der Waals surface area contributed by atoms with Gasteiger partial charge in [-0.05, 0) is 37.0 Å². The summed E-state index contributed by atoms with van der Waals surface area (Å²) in [6, 6.07) is 5.42. The largest absolute Gasteiger partial charge is 0.497 e. The highest BCUT2D eigenvalue weighted by molar-refractivity contribution is 5.42. The minimum atomic E-state index is -0.687. The third-order valence-corrected chi connectivity index (χ3v) is 3.43. The summed E-state index contributed by atoms with van der Waals surface area (Å²) in [5.41, 5.74) is 0.718. The maximum Gasteiger partial charge on any atom is 0.125 e. The highest BCUT2D eigenvalue weighted by Gasteiger charge is 2.37. The Morgan fingerprint density at radius 1 is 1.17 bits per heavy atom. The van der Waals surface area contributed by atoms with Gasteiger partial charge in [-0.1, -0.05) is 0 Å². The van der Waals surface area contributed by atoms with Crippen LogP contribution in [0.5, 0.6) is 11.5 Å². The molecule has 1 aromatic rings. The third-order valence-electron chi connectivity index (χ3n) is 3.43. The molecular formula is C14H20O4. The molecule has 0 saturated heterocycles.